The molecule has 0 atom stereocenters. The molecule has 0 aliphatic heterocycles. The van der Waals surface area contributed by atoms with E-state index in [2.05, 4.69) is 42.7 Å². The topological polar surface area (TPSA) is 20.2 Å². The van der Waals surface area contributed by atoms with E-state index in [4.69, 9.17) is 5.11 Å². The molecular formula is C19H20OS. The Morgan fingerprint density at radius 2 is 1.38 bits per heavy atom. The summed E-state index contributed by atoms with van der Waals surface area (Å²) >= 11 is 1.78. The predicted molar refractivity (Wildman–Crippen MR) is 91.3 cm³/mol. The van der Waals surface area contributed by atoms with Crippen LogP contribution in [0, 0.1) is 0 Å². The largest absolute Gasteiger partial charge is 0.392 e. The number of benzene rings is 2. The Hall–Kier alpha value is -1.51. The molecule has 1 aliphatic rings. The zero-order valence-electron chi connectivity index (χ0n) is 12.3. The quantitative estimate of drug-likeness (QED) is 0.802. The maximum Gasteiger partial charge on any atom is 0.0681 e. The van der Waals surface area contributed by atoms with E-state index in [0.717, 1.165) is 18.4 Å². The predicted octanol–water partition coefficient (Wildman–Crippen LogP) is 5.00. The Balaban J connectivity index is 1.96. The summed E-state index contributed by atoms with van der Waals surface area (Å²) in [6, 6.07) is 17.2. The maximum atomic E-state index is 9.16. The second kappa shape index (κ2) is 6.50. The molecule has 21 heavy (non-hydrogen) atoms. The van der Waals surface area contributed by atoms with Gasteiger partial charge in [-0.3, -0.25) is 0 Å². The third-order valence-corrected chi connectivity index (χ3v) is 4.88. The van der Waals surface area contributed by atoms with Crippen LogP contribution in [0.2, 0.25) is 0 Å². The van der Waals surface area contributed by atoms with Crippen molar-refractivity contribution in [2.45, 2.75) is 30.8 Å². The molecular weight excluding hydrogens is 276 g/mol. The van der Waals surface area contributed by atoms with Crippen LogP contribution in [0.5, 0.6) is 0 Å². The highest BCUT2D eigenvalue weighted by Gasteiger charge is 2.17. The molecule has 0 bridgehead atoms. The minimum Gasteiger partial charge on any atom is -0.392 e. The normalized spacial score (nSPS) is 14.8. The highest BCUT2D eigenvalue weighted by atomic mass is 32.2. The minimum atomic E-state index is 0.113. The van der Waals surface area contributed by atoms with E-state index in [0.29, 0.717) is 0 Å². The molecule has 2 aromatic carbocycles. The van der Waals surface area contributed by atoms with Gasteiger partial charge in [-0.05, 0) is 65.5 Å². The van der Waals surface area contributed by atoms with Gasteiger partial charge >= 0.3 is 0 Å². The van der Waals surface area contributed by atoms with Crippen molar-refractivity contribution >= 4 is 22.9 Å². The monoisotopic (exact) mass is 296 g/mol. The van der Waals surface area contributed by atoms with E-state index in [1.165, 1.54) is 33.6 Å². The first kappa shape index (κ1) is 14.4. The first-order chi connectivity index (χ1) is 10.3. The lowest BCUT2D eigenvalue weighted by Gasteiger charge is -2.09. The van der Waals surface area contributed by atoms with Crippen molar-refractivity contribution in [1.82, 2.24) is 0 Å². The van der Waals surface area contributed by atoms with Gasteiger partial charge in [-0.15, -0.1) is 11.8 Å². The van der Waals surface area contributed by atoms with E-state index in [9.17, 15) is 0 Å². The molecule has 108 valence electrons. The molecule has 3 rings (SSSR count). The molecule has 0 fully saturated rings. The van der Waals surface area contributed by atoms with Crippen LogP contribution in [0.1, 0.15) is 36.0 Å². The number of aliphatic hydroxyl groups is 1. The molecule has 2 heteroatoms. The second-order valence-electron chi connectivity index (χ2n) is 5.39. The minimum absolute atomic E-state index is 0.113. The van der Waals surface area contributed by atoms with Gasteiger partial charge in [0.25, 0.3) is 0 Å². The van der Waals surface area contributed by atoms with Crippen LogP contribution in [0.25, 0.3) is 11.1 Å². The average Bonchev–Trinajstić information content (AvgIpc) is 3.04. The molecule has 2 aromatic rings. The number of aliphatic hydroxyl groups excluding tert-OH is 1. The van der Waals surface area contributed by atoms with E-state index in [1.54, 1.807) is 11.8 Å². The SMILES string of the molecule is CSc1ccc(C2=C(c3ccc(CO)cc3)CCC2)cc1. The van der Waals surface area contributed by atoms with Crippen LogP contribution in [0.15, 0.2) is 53.4 Å². The molecule has 0 saturated heterocycles. The summed E-state index contributed by atoms with van der Waals surface area (Å²) in [7, 11) is 0. The van der Waals surface area contributed by atoms with Crippen LogP contribution in [-0.4, -0.2) is 11.4 Å². The summed E-state index contributed by atoms with van der Waals surface area (Å²) in [5, 5.41) is 9.16. The summed E-state index contributed by atoms with van der Waals surface area (Å²) in [5.74, 6) is 0. The van der Waals surface area contributed by atoms with Gasteiger partial charge in [0.2, 0.25) is 0 Å². The number of hydrogen-bond donors (Lipinski definition) is 1. The molecule has 1 nitrogen and oxygen atoms in total. The number of allylic oxidation sites excluding steroid dienone is 2. The number of thioether (sulfide) groups is 1. The third-order valence-electron chi connectivity index (χ3n) is 4.14. The van der Waals surface area contributed by atoms with E-state index < -0.39 is 0 Å². The summed E-state index contributed by atoms with van der Waals surface area (Å²) in [6.45, 7) is 0.113. The lowest BCUT2D eigenvalue weighted by molar-refractivity contribution is 0.282. The highest BCUT2D eigenvalue weighted by Crippen LogP contribution is 2.40. The van der Waals surface area contributed by atoms with E-state index in [-0.39, 0.29) is 6.61 Å². The zero-order valence-corrected chi connectivity index (χ0v) is 13.1. The lowest BCUT2D eigenvalue weighted by atomic mass is 9.96. The van der Waals surface area contributed by atoms with Gasteiger partial charge in [-0.25, -0.2) is 0 Å². The molecule has 0 saturated carbocycles. The van der Waals surface area contributed by atoms with Crippen molar-refractivity contribution in [2.24, 2.45) is 0 Å². The lowest BCUT2D eigenvalue weighted by Crippen LogP contribution is -1.88. The van der Waals surface area contributed by atoms with Crippen molar-refractivity contribution in [3.8, 4) is 0 Å². The van der Waals surface area contributed by atoms with E-state index >= 15 is 0 Å². The number of rotatable bonds is 4. The Morgan fingerprint density at radius 1 is 0.857 bits per heavy atom. The first-order valence-corrected chi connectivity index (χ1v) is 8.61. The van der Waals surface area contributed by atoms with Gasteiger partial charge in [0.15, 0.2) is 0 Å². The summed E-state index contributed by atoms with van der Waals surface area (Å²) < 4.78 is 0. The molecule has 0 amide bonds. The van der Waals surface area contributed by atoms with Crippen molar-refractivity contribution in [2.75, 3.05) is 6.26 Å². The average molecular weight is 296 g/mol. The molecule has 0 heterocycles. The van der Waals surface area contributed by atoms with Gasteiger partial charge in [-0.1, -0.05) is 36.4 Å². The van der Waals surface area contributed by atoms with Gasteiger partial charge in [0.1, 0.15) is 0 Å². The van der Waals surface area contributed by atoms with Crippen LogP contribution in [0.4, 0.5) is 0 Å². The summed E-state index contributed by atoms with van der Waals surface area (Å²) in [5.41, 5.74) is 6.58. The Labute approximate surface area is 130 Å². The van der Waals surface area contributed by atoms with Gasteiger partial charge < -0.3 is 5.11 Å². The fourth-order valence-electron chi connectivity index (χ4n) is 2.98. The molecule has 1 aliphatic carbocycles. The molecule has 0 unspecified atom stereocenters. The maximum absolute atomic E-state index is 9.16. The van der Waals surface area contributed by atoms with Crippen molar-refractivity contribution < 1.29 is 5.11 Å². The van der Waals surface area contributed by atoms with Crippen molar-refractivity contribution in [1.29, 1.82) is 0 Å². The fraction of sp³-hybridized carbons (Fsp3) is 0.263. The fourth-order valence-corrected chi connectivity index (χ4v) is 3.39. The van der Waals surface area contributed by atoms with Crippen molar-refractivity contribution in [3.05, 3.63) is 65.2 Å². The van der Waals surface area contributed by atoms with E-state index in [1.807, 2.05) is 12.1 Å². The molecule has 0 spiro atoms. The molecule has 0 aromatic heterocycles. The van der Waals surface area contributed by atoms with Gasteiger partial charge in [0, 0.05) is 4.90 Å². The molecule has 1 N–H and O–H groups in total. The van der Waals surface area contributed by atoms with Crippen LogP contribution >= 0.6 is 11.8 Å². The summed E-state index contributed by atoms with van der Waals surface area (Å²) in [6.07, 6.45) is 5.66. The van der Waals surface area contributed by atoms with Gasteiger partial charge in [0.05, 0.1) is 6.61 Å². The Morgan fingerprint density at radius 3 is 1.86 bits per heavy atom. The first-order valence-electron chi connectivity index (χ1n) is 7.38. The Bertz CT molecular complexity index is 581. The zero-order chi connectivity index (χ0) is 14.7. The van der Waals surface area contributed by atoms with Crippen molar-refractivity contribution in [3.63, 3.8) is 0 Å². The number of hydrogen-bond acceptors (Lipinski definition) is 2. The second-order valence-corrected chi connectivity index (χ2v) is 6.27. The highest BCUT2D eigenvalue weighted by molar-refractivity contribution is 7.98. The smallest absolute Gasteiger partial charge is 0.0681 e. The van der Waals surface area contributed by atoms with Crippen LogP contribution in [-0.2, 0) is 6.61 Å². The molecule has 0 radical (unpaired) electrons. The van der Waals surface area contributed by atoms with Gasteiger partial charge in [-0.2, -0.15) is 0 Å². The van der Waals surface area contributed by atoms with Crippen LogP contribution < -0.4 is 0 Å². The summed E-state index contributed by atoms with van der Waals surface area (Å²) in [4.78, 5) is 1.31. The third kappa shape index (κ3) is 3.07. The van der Waals surface area contributed by atoms with Crippen LogP contribution in [0.3, 0.4) is 0 Å². The Kier molecular flexibility index (Phi) is 4.47. The standard InChI is InChI=1S/C19H20OS/c1-21-17-11-9-16(10-12-17)19-4-2-3-18(19)15-7-5-14(13-20)6-8-15/h5-12,20H,2-4,13H2,1H3.